The molecule has 2 rings (SSSR count). The number of para-hydroxylation sites is 1. The Labute approximate surface area is 123 Å². The lowest BCUT2D eigenvalue weighted by Crippen LogP contribution is -2.40. The van der Waals surface area contributed by atoms with Gasteiger partial charge in [-0.2, -0.15) is 5.06 Å². The number of hydroxylamine groups is 2. The van der Waals surface area contributed by atoms with E-state index >= 15 is 0 Å². The molecular formula is C16H20N2O3. The molecule has 0 aliphatic carbocycles. The van der Waals surface area contributed by atoms with Gasteiger partial charge in [-0.15, -0.1) is 0 Å². The number of aromatic amines is 1. The third-order valence-corrected chi connectivity index (χ3v) is 3.42. The van der Waals surface area contributed by atoms with Gasteiger partial charge in [-0.25, -0.2) is 0 Å². The third-order valence-electron chi connectivity index (χ3n) is 3.42. The summed E-state index contributed by atoms with van der Waals surface area (Å²) in [5.41, 5.74) is 2.88. The van der Waals surface area contributed by atoms with Gasteiger partial charge in [-0.1, -0.05) is 29.8 Å². The number of aliphatic carboxylic acids is 1. The van der Waals surface area contributed by atoms with Crippen LogP contribution in [-0.4, -0.2) is 38.9 Å². The molecule has 21 heavy (non-hydrogen) atoms. The molecule has 1 atom stereocenters. The van der Waals surface area contributed by atoms with Gasteiger partial charge in [-0.3, -0.25) is 4.79 Å². The molecule has 0 saturated carbocycles. The van der Waals surface area contributed by atoms with Crippen LogP contribution in [0.4, 0.5) is 0 Å². The van der Waals surface area contributed by atoms with E-state index in [1.165, 1.54) is 0 Å². The highest BCUT2D eigenvalue weighted by atomic mass is 16.5. The van der Waals surface area contributed by atoms with E-state index in [9.17, 15) is 15.1 Å². The molecule has 0 spiro atoms. The number of nitrogens with one attached hydrogen (secondary N) is 1. The summed E-state index contributed by atoms with van der Waals surface area (Å²) in [6.45, 7) is 4.01. The smallest absolute Gasteiger partial charge is 0.323 e. The fourth-order valence-corrected chi connectivity index (χ4v) is 2.23. The monoisotopic (exact) mass is 288 g/mol. The summed E-state index contributed by atoms with van der Waals surface area (Å²) in [5, 5.41) is 21.2. The van der Waals surface area contributed by atoms with Crippen LogP contribution in [0, 0.1) is 0 Å². The van der Waals surface area contributed by atoms with Crippen molar-refractivity contribution in [3.05, 3.63) is 47.7 Å². The molecule has 0 bridgehead atoms. The van der Waals surface area contributed by atoms with Gasteiger partial charge in [0.05, 0.1) is 0 Å². The normalized spacial score (nSPS) is 12.6. The first-order chi connectivity index (χ1) is 9.99. The van der Waals surface area contributed by atoms with Crippen molar-refractivity contribution in [2.75, 3.05) is 6.54 Å². The molecule has 0 fully saturated rings. The molecule has 0 radical (unpaired) electrons. The van der Waals surface area contributed by atoms with Crippen LogP contribution in [0.5, 0.6) is 0 Å². The van der Waals surface area contributed by atoms with E-state index in [0.29, 0.717) is 0 Å². The van der Waals surface area contributed by atoms with E-state index in [1.54, 1.807) is 12.3 Å². The fourth-order valence-electron chi connectivity index (χ4n) is 2.23. The van der Waals surface area contributed by atoms with Gasteiger partial charge >= 0.3 is 5.97 Å². The van der Waals surface area contributed by atoms with Crippen LogP contribution in [0.2, 0.25) is 0 Å². The number of rotatable bonds is 6. The average Bonchev–Trinajstić information content (AvgIpc) is 2.85. The van der Waals surface area contributed by atoms with Gasteiger partial charge in [0, 0.05) is 30.1 Å². The Hall–Kier alpha value is -2.11. The number of allylic oxidation sites excluding steroid dienone is 1. The first-order valence-corrected chi connectivity index (χ1v) is 6.85. The summed E-state index contributed by atoms with van der Waals surface area (Å²) in [6.07, 6.45) is 3.84. The lowest BCUT2D eigenvalue weighted by Gasteiger charge is -2.21. The first kappa shape index (κ1) is 15.3. The number of carboxylic acid groups (broad SMARTS) is 1. The predicted molar refractivity (Wildman–Crippen MR) is 81.4 cm³/mol. The van der Waals surface area contributed by atoms with Crippen LogP contribution in [0.15, 0.2) is 42.1 Å². The minimum absolute atomic E-state index is 0.196. The SMILES string of the molecule is CC(C)=CCN(O)[C@@H](Cc1c[nH]c2ccccc12)C(=O)O. The maximum Gasteiger partial charge on any atom is 0.323 e. The highest BCUT2D eigenvalue weighted by Gasteiger charge is 2.25. The van der Waals surface area contributed by atoms with E-state index in [-0.39, 0.29) is 13.0 Å². The fraction of sp³-hybridized carbons (Fsp3) is 0.312. The van der Waals surface area contributed by atoms with Crippen LogP contribution < -0.4 is 0 Å². The number of benzene rings is 1. The zero-order chi connectivity index (χ0) is 15.4. The minimum atomic E-state index is -1.04. The number of carbonyl (C=O) groups is 1. The van der Waals surface area contributed by atoms with E-state index in [2.05, 4.69) is 4.98 Å². The van der Waals surface area contributed by atoms with Gasteiger partial charge in [0.25, 0.3) is 0 Å². The van der Waals surface area contributed by atoms with Crippen LogP contribution in [0.25, 0.3) is 10.9 Å². The third kappa shape index (κ3) is 3.71. The highest BCUT2D eigenvalue weighted by Crippen LogP contribution is 2.20. The molecule has 112 valence electrons. The summed E-state index contributed by atoms with van der Waals surface area (Å²) >= 11 is 0. The molecule has 0 aliphatic heterocycles. The number of fused-ring (bicyclic) bond motifs is 1. The van der Waals surface area contributed by atoms with Crippen molar-refractivity contribution < 1.29 is 15.1 Å². The van der Waals surface area contributed by atoms with Crippen molar-refractivity contribution in [3.63, 3.8) is 0 Å². The van der Waals surface area contributed by atoms with Crippen molar-refractivity contribution in [2.24, 2.45) is 0 Å². The van der Waals surface area contributed by atoms with E-state index < -0.39 is 12.0 Å². The molecule has 0 aliphatic rings. The number of H-pyrrole nitrogens is 1. The van der Waals surface area contributed by atoms with Gasteiger partial charge in [0.1, 0.15) is 6.04 Å². The van der Waals surface area contributed by atoms with E-state index in [1.807, 2.05) is 38.1 Å². The van der Waals surface area contributed by atoms with Crippen LogP contribution in [-0.2, 0) is 11.2 Å². The van der Waals surface area contributed by atoms with Gasteiger partial charge < -0.3 is 15.3 Å². The second kappa shape index (κ2) is 6.56. The Morgan fingerprint density at radius 2 is 2.10 bits per heavy atom. The van der Waals surface area contributed by atoms with Gasteiger partial charge in [0.2, 0.25) is 0 Å². The summed E-state index contributed by atoms with van der Waals surface area (Å²) < 4.78 is 0. The van der Waals surface area contributed by atoms with E-state index in [4.69, 9.17) is 0 Å². The molecule has 1 aromatic heterocycles. The number of hydrogen-bond donors (Lipinski definition) is 3. The topological polar surface area (TPSA) is 76.6 Å². The second-order valence-electron chi connectivity index (χ2n) is 5.32. The van der Waals surface area contributed by atoms with Gasteiger partial charge in [-0.05, 0) is 25.5 Å². The Morgan fingerprint density at radius 1 is 1.38 bits per heavy atom. The quantitative estimate of drug-likeness (QED) is 0.564. The number of carboxylic acids is 1. The largest absolute Gasteiger partial charge is 0.480 e. The molecule has 2 aromatic rings. The molecule has 0 unspecified atom stereocenters. The standard InChI is InChI=1S/C16H20N2O3/c1-11(2)7-8-18(21)15(16(19)20)9-12-10-17-14-6-4-3-5-13(12)14/h3-7,10,15,17,21H,8-9H2,1-2H3,(H,19,20)/t15-/m0/s1. The Bertz CT molecular complexity index is 656. The van der Waals surface area contributed by atoms with Crippen molar-refractivity contribution in [2.45, 2.75) is 26.3 Å². The molecule has 3 N–H and O–H groups in total. The molecule has 5 nitrogen and oxygen atoms in total. The Kier molecular flexibility index (Phi) is 4.77. The molecule has 5 heteroatoms. The Morgan fingerprint density at radius 3 is 2.76 bits per heavy atom. The van der Waals surface area contributed by atoms with Gasteiger partial charge in [0.15, 0.2) is 0 Å². The molecular weight excluding hydrogens is 268 g/mol. The second-order valence-corrected chi connectivity index (χ2v) is 5.32. The van der Waals surface area contributed by atoms with Crippen LogP contribution in [0.3, 0.4) is 0 Å². The Balaban J connectivity index is 2.20. The van der Waals surface area contributed by atoms with Crippen molar-refractivity contribution in [3.8, 4) is 0 Å². The first-order valence-electron chi connectivity index (χ1n) is 6.85. The minimum Gasteiger partial charge on any atom is -0.480 e. The number of aromatic nitrogens is 1. The lowest BCUT2D eigenvalue weighted by molar-refractivity contribution is -0.166. The molecule has 1 heterocycles. The van der Waals surface area contributed by atoms with Crippen LogP contribution in [0.1, 0.15) is 19.4 Å². The predicted octanol–water partition coefficient (Wildman–Crippen LogP) is 2.82. The van der Waals surface area contributed by atoms with Crippen molar-refractivity contribution in [1.29, 1.82) is 0 Å². The zero-order valence-electron chi connectivity index (χ0n) is 12.2. The summed E-state index contributed by atoms with van der Waals surface area (Å²) in [4.78, 5) is 14.5. The molecule has 0 amide bonds. The number of nitrogens with zero attached hydrogens (tertiary/aromatic N) is 1. The lowest BCUT2D eigenvalue weighted by atomic mass is 10.0. The molecule has 1 aromatic carbocycles. The maximum absolute atomic E-state index is 11.4. The molecule has 0 saturated heterocycles. The van der Waals surface area contributed by atoms with Crippen LogP contribution >= 0.6 is 0 Å². The maximum atomic E-state index is 11.4. The average molecular weight is 288 g/mol. The van der Waals surface area contributed by atoms with Crippen molar-refractivity contribution >= 4 is 16.9 Å². The zero-order valence-corrected chi connectivity index (χ0v) is 12.2. The van der Waals surface area contributed by atoms with Crippen molar-refractivity contribution in [1.82, 2.24) is 10.0 Å². The number of hydrogen-bond acceptors (Lipinski definition) is 3. The van der Waals surface area contributed by atoms with E-state index in [0.717, 1.165) is 27.1 Å². The summed E-state index contributed by atoms with van der Waals surface area (Å²) in [7, 11) is 0. The summed E-state index contributed by atoms with van der Waals surface area (Å²) in [6, 6.07) is 6.74. The highest BCUT2D eigenvalue weighted by molar-refractivity contribution is 5.84. The summed E-state index contributed by atoms with van der Waals surface area (Å²) in [5.74, 6) is -1.04.